The van der Waals surface area contributed by atoms with Crippen LogP contribution in [-0.2, 0) is 9.59 Å². The lowest BCUT2D eigenvalue weighted by molar-refractivity contribution is -0.155. The van der Waals surface area contributed by atoms with Crippen LogP contribution in [0, 0.1) is 5.41 Å². The van der Waals surface area contributed by atoms with Crippen LogP contribution in [0.1, 0.15) is 51.4 Å². The van der Waals surface area contributed by atoms with Gasteiger partial charge in [-0.2, -0.15) is 0 Å². The molecule has 5 heteroatoms. The number of anilines is 1. The van der Waals surface area contributed by atoms with Gasteiger partial charge < -0.3 is 9.64 Å². The van der Waals surface area contributed by atoms with Crippen molar-refractivity contribution < 1.29 is 14.3 Å². The predicted octanol–water partition coefficient (Wildman–Crippen LogP) is 3.37. The molecule has 2 amide bonds. The van der Waals surface area contributed by atoms with Crippen molar-refractivity contribution in [2.45, 2.75) is 57.4 Å². The number of nitrogens with zero attached hydrogens (tertiary/aromatic N) is 2. The van der Waals surface area contributed by atoms with Gasteiger partial charge in [-0.15, -0.1) is 0 Å². The van der Waals surface area contributed by atoms with Crippen LogP contribution >= 0.6 is 0 Å². The summed E-state index contributed by atoms with van der Waals surface area (Å²) in [6, 6.07) is 7.17. The Morgan fingerprint density at radius 1 is 1.00 bits per heavy atom. The number of piperidine rings is 1. The van der Waals surface area contributed by atoms with E-state index < -0.39 is 5.41 Å². The molecule has 2 saturated heterocycles. The molecule has 0 radical (unpaired) electrons. The highest BCUT2D eigenvalue weighted by molar-refractivity contribution is 6.14. The van der Waals surface area contributed by atoms with E-state index in [0.717, 1.165) is 63.1 Å². The first kappa shape index (κ1) is 17.4. The van der Waals surface area contributed by atoms with Gasteiger partial charge in [0, 0.05) is 18.8 Å². The molecule has 1 spiro atoms. The molecular formula is C21H28N2O3. The van der Waals surface area contributed by atoms with Crippen molar-refractivity contribution in [1.82, 2.24) is 4.90 Å². The third-order valence-corrected chi connectivity index (χ3v) is 6.42. The molecule has 0 bridgehead atoms. The molecule has 4 rings (SSSR count). The van der Waals surface area contributed by atoms with Crippen LogP contribution in [0.4, 0.5) is 5.69 Å². The maximum Gasteiger partial charge on any atom is 0.246 e. The van der Waals surface area contributed by atoms with Crippen molar-refractivity contribution >= 4 is 17.5 Å². The molecule has 1 aromatic carbocycles. The Labute approximate surface area is 155 Å². The number of β-lactam (4-membered cyclic amide) rings is 1. The highest BCUT2D eigenvalue weighted by Crippen LogP contribution is 2.52. The summed E-state index contributed by atoms with van der Waals surface area (Å²) in [5, 5.41) is 0. The van der Waals surface area contributed by atoms with Gasteiger partial charge in [0.2, 0.25) is 11.8 Å². The summed E-state index contributed by atoms with van der Waals surface area (Å²) in [6.07, 6.45) is 8.30. The molecule has 5 nitrogen and oxygen atoms in total. The maximum atomic E-state index is 13.4. The van der Waals surface area contributed by atoms with E-state index in [4.69, 9.17) is 4.74 Å². The Kier molecular flexibility index (Phi) is 4.63. The van der Waals surface area contributed by atoms with Crippen LogP contribution in [0.15, 0.2) is 24.3 Å². The Balaban J connectivity index is 1.65. The lowest BCUT2D eigenvalue weighted by Gasteiger charge is -2.57. The number of carbonyl (C=O) groups is 2. The van der Waals surface area contributed by atoms with E-state index in [2.05, 4.69) is 0 Å². The molecule has 26 heavy (non-hydrogen) atoms. The number of rotatable bonds is 3. The van der Waals surface area contributed by atoms with Gasteiger partial charge in [0.1, 0.15) is 11.8 Å². The van der Waals surface area contributed by atoms with Crippen molar-refractivity contribution in [2.75, 3.05) is 25.1 Å². The van der Waals surface area contributed by atoms with E-state index in [9.17, 15) is 9.59 Å². The fourth-order valence-electron chi connectivity index (χ4n) is 4.97. The smallest absolute Gasteiger partial charge is 0.246 e. The fourth-order valence-corrected chi connectivity index (χ4v) is 4.97. The van der Waals surface area contributed by atoms with Crippen molar-refractivity contribution in [2.24, 2.45) is 5.41 Å². The summed E-state index contributed by atoms with van der Waals surface area (Å²) in [4.78, 5) is 30.4. The molecule has 140 valence electrons. The van der Waals surface area contributed by atoms with Crippen molar-refractivity contribution in [3.63, 3.8) is 0 Å². The van der Waals surface area contributed by atoms with Gasteiger partial charge in [0.15, 0.2) is 0 Å². The van der Waals surface area contributed by atoms with Crippen molar-refractivity contribution in [1.29, 1.82) is 0 Å². The number of likely N-dealkylation sites (tertiary alicyclic amines) is 1. The van der Waals surface area contributed by atoms with Gasteiger partial charge in [-0.1, -0.05) is 19.3 Å². The molecule has 2 aliphatic heterocycles. The largest absolute Gasteiger partial charge is 0.497 e. The number of benzene rings is 1. The van der Waals surface area contributed by atoms with Crippen LogP contribution in [0.25, 0.3) is 0 Å². The monoisotopic (exact) mass is 356 g/mol. The fraction of sp³-hybridized carbons (Fsp3) is 0.619. The van der Waals surface area contributed by atoms with Gasteiger partial charge >= 0.3 is 0 Å². The Hall–Kier alpha value is -2.04. The summed E-state index contributed by atoms with van der Waals surface area (Å²) in [5.41, 5.74) is 0.342. The van der Waals surface area contributed by atoms with E-state index in [0.29, 0.717) is 0 Å². The van der Waals surface area contributed by atoms with E-state index >= 15 is 0 Å². The van der Waals surface area contributed by atoms with Gasteiger partial charge in [0.25, 0.3) is 0 Å². The topological polar surface area (TPSA) is 49.9 Å². The maximum absolute atomic E-state index is 13.4. The molecule has 0 aromatic heterocycles. The second-order valence-electron chi connectivity index (χ2n) is 7.88. The van der Waals surface area contributed by atoms with Crippen LogP contribution in [0.3, 0.4) is 0 Å². The summed E-state index contributed by atoms with van der Waals surface area (Å²) in [5.74, 6) is 1.05. The minimum Gasteiger partial charge on any atom is -0.497 e. The molecule has 0 N–H and O–H groups in total. The van der Waals surface area contributed by atoms with E-state index in [1.165, 1.54) is 12.8 Å². The standard InChI is InChI=1S/C21H28N2O3/c1-26-17-10-8-16(9-11-17)23-18(19(24)22-14-6-3-7-15-22)21(20(23)25)12-4-2-5-13-21/h8-11,18H,2-7,12-15H2,1H3. The third-order valence-electron chi connectivity index (χ3n) is 6.42. The lowest BCUT2D eigenvalue weighted by atomic mass is 9.61. The van der Waals surface area contributed by atoms with E-state index in [-0.39, 0.29) is 17.9 Å². The number of amides is 2. The van der Waals surface area contributed by atoms with Gasteiger partial charge in [0.05, 0.1) is 12.5 Å². The predicted molar refractivity (Wildman–Crippen MR) is 100 cm³/mol. The van der Waals surface area contributed by atoms with E-state index in [1.54, 1.807) is 12.0 Å². The molecular weight excluding hydrogens is 328 g/mol. The second kappa shape index (κ2) is 6.93. The zero-order chi connectivity index (χ0) is 18.1. The van der Waals surface area contributed by atoms with E-state index in [1.807, 2.05) is 29.2 Å². The molecule has 3 fully saturated rings. The molecule has 1 unspecified atom stereocenters. The summed E-state index contributed by atoms with van der Waals surface area (Å²) in [7, 11) is 1.63. The van der Waals surface area contributed by atoms with Gasteiger partial charge in [-0.05, 0) is 56.4 Å². The third kappa shape index (κ3) is 2.68. The minimum absolute atomic E-state index is 0.137. The average Bonchev–Trinajstić information content (AvgIpc) is 2.72. The molecule has 1 aliphatic carbocycles. The Bertz CT molecular complexity index is 673. The van der Waals surface area contributed by atoms with Gasteiger partial charge in [-0.25, -0.2) is 0 Å². The molecule has 1 saturated carbocycles. The minimum atomic E-state index is -0.466. The van der Waals surface area contributed by atoms with Crippen LogP contribution < -0.4 is 9.64 Å². The summed E-state index contributed by atoms with van der Waals surface area (Å²) >= 11 is 0. The van der Waals surface area contributed by atoms with Crippen LogP contribution in [0.2, 0.25) is 0 Å². The number of hydrogen-bond acceptors (Lipinski definition) is 3. The van der Waals surface area contributed by atoms with Crippen LogP contribution in [-0.4, -0.2) is 43.0 Å². The SMILES string of the molecule is COc1ccc(N2C(=O)C3(CCCCC3)C2C(=O)N2CCCCC2)cc1. The molecule has 1 aromatic rings. The van der Waals surface area contributed by atoms with Crippen LogP contribution in [0.5, 0.6) is 5.75 Å². The Morgan fingerprint density at radius 2 is 1.62 bits per heavy atom. The number of carbonyl (C=O) groups excluding carboxylic acids is 2. The first-order valence-corrected chi connectivity index (χ1v) is 9.94. The lowest BCUT2D eigenvalue weighted by Crippen LogP contribution is -2.74. The zero-order valence-electron chi connectivity index (χ0n) is 15.6. The second-order valence-corrected chi connectivity index (χ2v) is 7.88. The average molecular weight is 356 g/mol. The molecule has 2 heterocycles. The zero-order valence-corrected chi connectivity index (χ0v) is 15.6. The summed E-state index contributed by atoms with van der Waals surface area (Å²) < 4.78 is 5.23. The number of methoxy groups -OCH3 is 1. The van der Waals surface area contributed by atoms with Crippen molar-refractivity contribution in [3.8, 4) is 5.75 Å². The first-order chi connectivity index (χ1) is 12.7. The highest BCUT2D eigenvalue weighted by atomic mass is 16.5. The summed E-state index contributed by atoms with van der Waals surface area (Å²) in [6.45, 7) is 1.66. The first-order valence-electron chi connectivity index (χ1n) is 9.94. The number of hydrogen-bond donors (Lipinski definition) is 0. The number of ether oxygens (including phenoxy) is 1. The quantitative estimate of drug-likeness (QED) is 0.780. The highest BCUT2D eigenvalue weighted by Gasteiger charge is 2.64. The van der Waals surface area contributed by atoms with Crippen molar-refractivity contribution in [3.05, 3.63) is 24.3 Å². The normalized spacial score (nSPS) is 25.1. The molecule has 3 aliphatic rings. The Morgan fingerprint density at radius 3 is 2.23 bits per heavy atom. The van der Waals surface area contributed by atoms with Gasteiger partial charge in [-0.3, -0.25) is 14.5 Å². The molecule has 1 atom stereocenters.